The zero-order valence-corrected chi connectivity index (χ0v) is 15.2. The Morgan fingerprint density at radius 3 is 2.29 bits per heavy atom. The van der Waals surface area contributed by atoms with E-state index in [-0.39, 0.29) is 30.9 Å². The summed E-state index contributed by atoms with van der Waals surface area (Å²) >= 11 is 4.01. The lowest BCUT2D eigenvalue weighted by molar-refractivity contribution is -0.138. The van der Waals surface area contributed by atoms with E-state index in [4.69, 9.17) is 10.8 Å². The molecule has 138 valence electrons. The van der Waals surface area contributed by atoms with Crippen LogP contribution >= 0.6 is 12.6 Å². The molecule has 0 radical (unpaired) electrons. The van der Waals surface area contributed by atoms with Gasteiger partial charge in [0.1, 0.15) is 12.1 Å². The maximum Gasteiger partial charge on any atom is 0.320 e. The topological polar surface area (TPSA) is 139 Å². The summed E-state index contributed by atoms with van der Waals surface area (Å²) in [6, 6.07) is -2.03. The minimum absolute atomic E-state index is 0.0365. The van der Waals surface area contributed by atoms with Crippen LogP contribution in [0, 0.1) is 5.41 Å². The van der Waals surface area contributed by atoms with Gasteiger partial charge >= 0.3 is 5.97 Å². The summed E-state index contributed by atoms with van der Waals surface area (Å²) in [5.74, 6) is -2.26. The van der Waals surface area contributed by atoms with Crippen molar-refractivity contribution >= 4 is 36.2 Å². The van der Waals surface area contributed by atoms with Crippen molar-refractivity contribution in [2.24, 2.45) is 11.1 Å². The van der Waals surface area contributed by atoms with Gasteiger partial charge in [0.2, 0.25) is 11.8 Å². The van der Waals surface area contributed by atoms with Crippen molar-refractivity contribution in [2.75, 3.05) is 12.3 Å². The molecule has 0 spiro atoms. The van der Waals surface area contributed by atoms with Crippen LogP contribution in [-0.4, -0.2) is 53.1 Å². The molecule has 0 saturated carbocycles. The third kappa shape index (κ3) is 7.78. The largest absolute Gasteiger partial charge is 0.480 e. The molecule has 0 aromatic rings. The summed E-state index contributed by atoms with van der Waals surface area (Å²) in [6.07, 6.45) is 0.496. The predicted octanol–water partition coefficient (Wildman–Crippen LogP) is -0.285. The van der Waals surface area contributed by atoms with Crippen molar-refractivity contribution < 1.29 is 24.3 Å². The van der Waals surface area contributed by atoms with Crippen LogP contribution in [-0.2, 0) is 19.2 Å². The highest BCUT2D eigenvalue weighted by molar-refractivity contribution is 7.80. The minimum Gasteiger partial charge on any atom is -0.480 e. The zero-order chi connectivity index (χ0) is 18.9. The van der Waals surface area contributed by atoms with E-state index in [9.17, 15) is 19.2 Å². The van der Waals surface area contributed by atoms with Gasteiger partial charge in [-0.2, -0.15) is 12.6 Å². The second-order valence-electron chi connectivity index (χ2n) is 6.16. The van der Waals surface area contributed by atoms with E-state index in [1.54, 1.807) is 13.8 Å². The molecule has 0 aromatic carbocycles. The van der Waals surface area contributed by atoms with Gasteiger partial charge in [-0.05, 0) is 12.8 Å². The number of aliphatic carboxylic acids is 1. The van der Waals surface area contributed by atoms with Gasteiger partial charge in [-0.3, -0.25) is 19.2 Å². The van der Waals surface area contributed by atoms with Gasteiger partial charge in [0.25, 0.3) is 0 Å². The fourth-order valence-electron chi connectivity index (χ4n) is 1.60. The maximum absolute atomic E-state index is 12.0. The summed E-state index contributed by atoms with van der Waals surface area (Å²) in [7, 11) is 0. The highest BCUT2D eigenvalue weighted by atomic mass is 32.1. The Morgan fingerprint density at radius 1 is 1.25 bits per heavy atom. The molecule has 0 rings (SSSR count). The average molecular weight is 361 g/mol. The normalized spacial score (nSPS) is 13.7. The van der Waals surface area contributed by atoms with E-state index >= 15 is 0 Å². The molecular weight excluding hydrogens is 334 g/mol. The number of nitrogens with two attached hydrogens (primary N) is 1. The summed E-state index contributed by atoms with van der Waals surface area (Å²) in [5, 5.41) is 13.6. The third-order valence-corrected chi connectivity index (χ3v) is 4.26. The van der Waals surface area contributed by atoms with Crippen molar-refractivity contribution in [3.8, 4) is 0 Å². The lowest BCUT2D eigenvalue weighted by atomic mass is 9.85. The summed E-state index contributed by atoms with van der Waals surface area (Å²) < 4.78 is 0. The number of amides is 2. The SMILES string of the molecule is CCC(C)(C)C(=O)CNC(=O)C(CS)NC(=O)CCC(N)C(=O)O. The van der Waals surface area contributed by atoms with Gasteiger partial charge in [-0.15, -0.1) is 0 Å². The lowest BCUT2D eigenvalue weighted by Gasteiger charge is -2.22. The highest BCUT2D eigenvalue weighted by Gasteiger charge is 2.27. The van der Waals surface area contributed by atoms with Gasteiger partial charge in [0.05, 0.1) is 6.54 Å². The van der Waals surface area contributed by atoms with Crippen LogP contribution < -0.4 is 16.4 Å². The Morgan fingerprint density at radius 2 is 1.83 bits per heavy atom. The smallest absolute Gasteiger partial charge is 0.320 e. The zero-order valence-electron chi connectivity index (χ0n) is 14.3. The number of hydrogen-bond acceptors (Lipinski definition) is 6. The molecule has 0 aliphatic carbocycles. The maximum atomic E-state index is 12.0. The first-order chi connectivity index (χ1) is 11.0. The molecule has 2 atom stereocenters. The molecule has 0 fully saturated rings. The molecule has 0 aliphatic rings. The average Bonchev–Trinajstić information content (AvgIpc) is 2.54. The van der Waals surface area contributed by atoms with E-state index in [1.165, 1.54) is 0 Å². The van der Waals surface area contributed by atoms with Crippen LogP contribution in [0.15, 0.2) is 0 Å². The van der Waals surface area contributed by atoms with Crippen LogP contribution in [0.1, 0.15) is 40.0 Å². The molecule has 9 heteroatoms. The summed E-state index contributed by atoms with van der Waals surface area (Å²) in [4.78, 5) is 46.3. The molecular formula is C15H27N3O5S. The van der Waals surface area contributed by atoms with E-state index < -0.39 is 35.3 Å². The Bertz CT molecular complexity index is 482. The number of ketones is 1. The first-order valence-electron chi connectivity index (χ1n) is 7.74. The van der Waals surface area contributed by atoms with Crippen molar-refractivity contribution in [1.82, 2.24) is 10.6 Å². The second kappa shape index (κ2) is 10.3. The molecule has 5 N–H and O–H groups in total. The number of carboxylic acids is 1. The van der Waals surface area contributed by atoms with Gasteiger partial charge in [-0.25, -0.2) is 0 Å². The van der Waals surface area contributed by atoms with E-state index in [0.29, 0.717) is 6.42 Å². The quantitative estimate of drug-likeness (QED) is 0.321. The van der Waals surface area contributed by atoms with E-state index in [2.05, 4.69) is 23.3 Å². The number of hydrogen-bond donors (Lipinski definition) is 5. The molecule has 24 heavy (non-hydrogen) atoms. The minimum atomic E-state index is -1.19. The Kier molecular flexibility index (Phi) is 9.60. The molecule has 0 saturated heterocycles. The molecule has 8 nitrogen and oxygen atoms in total. The second-order valence-corrected chi connectivity index (χ2v) is 6.53. The summed E-state index contributed by atoms with van der Waals surface area (Å²) in [5.41, 5.74) is 4.78. The van der Waals surface area contributed by atoms with Crippen LogP contribution in [0.4, 0.5) is 0 Å². The number of carbonyl (C=O) groups excluding carboxylic acids is 3. The number of nitrogens with one attached hydrogen (secondary N) is 2. The van der Waals surface area contributed by atoms with Crippen LogP contribution in [0.2, 0.25) is 0 Å². The van der Waals surface area contributed by atoms with Gasteiger partial charge in [-0.1, -0.05) is 20.8 Å². The van der Waals surface area contributed by atoms with E-state index in [1.807, 2.05) is 6.92 Å². The van der Waals surface area contributed by atoms with Crippen LogP contribution in [0.25, 0.3) is 0 Å². The van der Waals surface area contributed by atoms with Gasteiger partial charge in [0, 0.05) is 17.6 Å². The Balaban J connectivity index is 4.42. The van der Waals surface area contributed by atoms with Gasteiger partial charge < -0.3 is 21.5 Å². The van der Waals surface area contributed by atoms with Crippen LogP contribution in [0.5, 0.6) is 0 Å². The molecule has 2 amide bonds. The van der Waals surface area contributed by atoms with Crippen molar-refractivity contribution in [3.63, 3.8) is 0 Å². The monoisotopic (exact) mass is 361 g/mol. The third-order valence-electron chi connectivity index (χ3n) is 3.90. The Labute approximate surface area is 147 Å². The predicted molar refractivity (Wildman–Crippen MR) is 92.7 cm³/mol. The first-order valence-corrected chi connectivity index (χ1v) is 8.38. The van der Waals surface area contributed by atoms with E-state index in [0.717, 1.165) is 0 Å². The number of rotatable bonds is 11. The standard InChI is InChI=1S/C15H27N3O5S/c1-4-15(2,3)11(19)7-17-13(21)10(8-24)18-12(20)6-5-9(16)14(22)23/h9-10,24H,4-8,16H2,1-3H3,(H,17,21)(H,18,20)(H,22,23). The number of Topliss-reactive ketones (excluding diaryl/α,β-unsaturated/α-hetero) is 1. The highest BCUT2D eigenvalue weighted by Crippen LogP contribution is 2.20. The van der Waals surface area contributed by atoms with Gasteiger partial charge in [0.15, 0.2) is 5.78 Å². The molecule has 0 heterocycles. The number of thiol groups is 1. The Hall–Kier alpha value is -1.61. The molecule has 0 aliphatic heterocycles. The fourth-order valence-corrected chi connectivity index (χ4v) is 1.85. The van der Waals surface area contributed by atoms with Crippen molar-refractivity contribution in [3.05, 3.63) is 0 Å². The fraction of sp³-hybridized carbons (Fsp3) is 0.733. The molecule has 0 aromatic heterocycles. The molecule has 2 unspecified atom stereocenters. The molecule has 0 bridgehead atoms. The number of carbonyl (C=O) groups is 4. The van der Waals surface area contributed by atoms with Crippen molar-refractivity contribution in [2.45, 2.75) is 52.1 Å². The number of carboxylic acid groups (broad SMARTS) is 1. The summed E-state index contributed by atoms with van der Waals surface area (Å²) in [6.45, 7) is 5.36. The van der Waals surface area contributed by atoms with Crippen molar-refractivity contribution in [1.29, 1.82) is 0 Å². The lowest BCUT2D eigenvalue weighted by Crippen LogP contribution is -2.50. The first kappa shape index (κ1) is 22.4. The van der Waals surface area contributed by atoms with Crippen LogP contribution in [0.3, 0.4) is 0 Å².